The largest absolute Gasteiger partial charge is 0.508 e. The number of carbonyl (C=O) groups excluding carboxylic acids is 5. The molecule has 342 valence electrons. The summed E-state index contributed by atoms with van der Waals surface area (Å²) in [6.45, 7) is 2.99. The number of rotatable bonds is 24. The molecule has 0 bridgehead atoms. The van der Waals surface area contributed by atoms with Crippen LogP contribution < -0.4 is 37.6 Å². The first-order valence-electron chi connectivity index (χ1n) is 21.0. The summed E-state index contributed by atoms with van der Waals surface area (Å²) in [6.07, 6.45) is 0.362. The minimum absolute atomic E-state index is 0.00530. The van der Waals surface area contributed by atoms with Gasteiger partial charge in [0.25, 0.3) is 0 Å². The highest BCUT2D eigenvalue weighted by Crippen LogP contribution is 2.20. The lowest BCUT2D eigenvalue weighted by molar-refractivity contribution is -0.142. The average Bonchev–Trinajstić information content (AvgIpc) is 3.26. The third kappa shape index (κ3) is 15.9. The fourth-order valence-electron chi connectivity index (χ4n) is 6.95. The molecule has 0 spiro atoms. The van der Waals surface area contributed by atoms with Crippen LogP contribution >= 0.6 is 0 Å². The van der Waals surface area contributed by atoms with Crippen LogP contribution in [0.4, 0.5) is 0 Å². The Bertz CT molecular complexity index is 2230. The molecule has 0 saturated carbocycles. The van der Waals surface area contributed by atoms with Crippen LogP contribution in [0.5, 0.6) is 11.5 Å². The van der Waals surface area contributed by atoms with Crippen LogP contribution in [0.3, 0.4) is 0 Å². The Hall–Kier alpha value is -7.21. The molecule has 0 aromatic heterocycles. The lowest BCUT2D eigenvalue weighted by Crippen LogP contribution is -2.60. The molecule has 0 saturated heterocycles. The molecule has 13 N–H and O–H groups in total. The summed E-state index contributed by atoms with van der Waals surface area (Å²) in [6, 6.07) is 18.3. The molecule has 18 nitrogen and oxygen atoms in total. The van der Waals surface area contributed by atoms with Crippen molar-refractivity contribution in [2.45, 2.75) is 89.0 Å². The van der Waals surface area contributed by atoms with E-state index in [1.54, 1.807) is 13.8 Å². The van der Waals surface area contributed by atoms with Gasteiger partial charge in [-0.05, 0) is 83.3 Å². The quantitative estimate of drug-likeness (QED) is 0.0271. The highest BCUT2D eigenvalue weighted by Gasteiger charge is 2.33. The predicted molar refractivity (Wildman–Crippen MR) is 239 cm³/mol. The fourth-order valence-corrected chi connectivity index (χ4v) is 6.95. The van der Waals surface area contributed by atoms with Gasteiger partial charge in [0.1, 0.15) is 41.7 Å². The van der Waals surface area contributed by atoms with Gasteiger partial charge in [0, 0.05) is 25.8 Å². The molecule has 0 aliphatic heterocycles. The third-order valence-corrected chi connectivity index (χ3v) is 10.3. The van der Waals surface area contributed by atoms with Gasteiger partial charge in [0.15, 0.2) is 5.96 Å². The first kappa shape index (κ1) is 49.4. The second kappa shape index (κ2) is 24.4. The van der Waals surface area contributed by atoms with Gasteiger partial charge < -0.3 is 58.1 Å². The van der Waals surface area contributed by atoms with Gasteiger partial charge in [0.05, 0.1) is 6.61 Å². The number of fused-ring (bicyclic) bond motifs is 1. The highest BCUT2D eigenvalue weighted by molar-refractivity contribution is 5.96. The highest BCUT2D eigenvalue weighted by atomic mass is 16.4. The van der Waals surface area contributed by atoms with Crippen molar-refractivity contribution < 1.29 is 49.2 Å². The number of aliphatic hydroxyl groups excluding tert-OH is 1. The van der Waals surface area contributed by atoms with E-state index >= 15 is 0 Å². The van der Waals surface area contributed by atoms with E-state index in [4.69, 9.17) is 11.1 Å². The molecule has 0 unspecified atom stereocenters. The summed E-state index contributed by atoms with van der Waals surface area (Å²) >= 11 is 0. The number of phenols is 2. The van der Waals surface area contributed by atoms with Crippen LogP contribution in [0.15, 0.2) is 91.0 Å². The second-order valence-electron chi connectivity index (χ2n) is 15.9. The number of hydrogen-bond donors (Lipinski definition) is 12. The number of carboxylic acid groups (broad SMARTS) is 1. The third-order valence-electron chi connectivity index (χ3n) is 10.3. The van der Waals surface area contributed by atoms with E-state index < -0.39 is 72.3 Å². The Morgan fingerprint density at radius 3 is 1.67 bits per heavy atom. The van der Waals surface area contributed by atoms with E-state index in [9.17, 15) is 49.2 Å². The van der Waals surface area contributed by atoms with Gasteiger partial charge in [-0.3, -0.25) is 29.4 Å². The number of carbonyl (C=O) groups is 6. The zero-order chi connectivity index (χ0) is 46.8. The first-order chi connectivity index (χ1) is 30.5. The molecule has 4 rings (SSSR count). The molecule has 0 aliphatic rings. The minimum Gasteiger partial charge on any atom is -0.508 e. The smallest absolute Gasteiger partial charge is 0.326 e. The van der Waals surface area contributed by atoms with Gasteiger partial charge in [-0.25, -0.2) is 4.79 Å². The van der Waals surface area contributed by atoms with Gasteiger partial charge in [-0.15, -0.1) is 0 Å². The Balaban J connectivity index is 1.54. The van der Waals surface area contributed by atoms with Crippen molar-refractivity contribution in [1.82, 2.24) is 31.9 Å². The molecule has 5 amide bonds. The number of aryl methyl sites for hydroxylation is 1. The van der Waals surface area contributed by atoms with Crippen molar-refractivity contribution in [3.63, 3.8) is 0 Å². The maximum Gasteiger partial charge on any atom is 0.326 e. The molecular formula is C46H58N8O10. The molecule has 5 atom stereocenters. The monoisotopic (exact) mass is 882 g/mol. The maximum absolute atomic E-state index is 14.3. The van der Waals surface area contributed by atoms with Crippen molar-refractivity contribution in [2.75, 3.05) is 13.2 Å². The molecule has 0 heterocycles. The van der Waals surface area contributed by atoms with Crippen LogP contribution in [0, 0.1) is 11.3 Å². The number of guanidine groups is 1. The summed E-state index contributed by atoms with van der Waals surface area (Å²) in [5.41, 5.74) is 7.22. The molecule has 64 heavy (non-hydrogen) atoms. The summed E-state index contributed by atoms with van der Waals surface area (Å²) in [5.74, 6) is -5.73. The van der Waals surface area contributed by atoms with Crippen molar-refractivity contribution in [2.24, 2.45) is 11.7 Å². The Kier molecular flexibility index (Phi) is 18.9. The van der Waals surface area contributed by atoms with Crippen molar-refractivity contribution in [3.8, 4) is 11.5 Å². The normalized spacial score (nSPS) is 13.4. The number of aromatic hydroxyl groups is 2. The number of aliphatic carboxylic acids is 1. The van der Waals surface area contributed by atoms with E-state index in [-0.39, 0.29) is 68.4 Å². The number of hydrogen-bond acceptors (Lipinski definition) is 10. The Labute approximate surface area is 370 Å². The number of phenolic OH excluding ortho intramolecular Hbond substituents is 2. The van der Waals surface area contributed by atoms with Gasteiger partial charge >= 0.3 is 5.97 Å². The van der Waals surface area contributed by atoms with E-state index in [0.717, 1.165) is 16.3 Å². The van der Waals surface area contributed by atoms with Crippen LogP contribution in [0.1, 0.15) is 56.2 Å². The molecule has 18 heteroatoms. The topological polar surface area (TPSA) is 305 Å². The van der Waals surface area contributed by atoms with Crippen LogP contribution in [0.2, 0.25) is 0 Å². The SMILES string of the molecule is CC(C)C[C@H](NC(=O)[C@@H](Cc1ccc(O)cc1)NC(=O)[C@H](Cc1ccc(O)cc1)NC(=O)[C@H](CO)NC(=O)CCc1cccc2ccccc12)C(=O)N[C@@H](CCCNC(=N)N)C(=O)O. The van der Waals surface area contributed by atoms with Crippen molar-refractivity contribution in [3.05, 3.63) is 108 Å². The molecular weight excluding hydrogens is 825 g/mol. The van der Waals surface area contributed by atoms with Gasteiger partial charge in [-0.1, -0.05) is 80.6 Å². The number of aliphatic hydroxyl groups is 1. The lowest BCUT2D eigenvalue weighted by Gasteiger charge is -2.27. The molecule has 4 aromatic carbocycles. The average molecular weight is 883 g/mol. The van der Waals surface area contributed by atoms with E-state index in [2.05, 4.69) is 31.9 Å². The summed E-state index contributed by atoms with van der Waals surface area (Å²) in [4.78, 5) is 81.0. The fraction of sp³-hybridized carbons (Fsp3) is 0.370. The minimum atomic E-state index is -1.46. The second-order valence-corrected chi connectivity index (χ2v) is 15.9. The summed E-state index contributed by atoms with van der Waals surface area (Å²) < 4.78 is 0. The van der Waals surface area contributed by atoms with Crippen LogP contribution in [-0.2, 0) is 48.0 Å². The predicted octanol–water partition coefficient (Wildman–Crippen LogP) is 1.48. The van der Waals surface area contributed by atoms with Gasteiger partial charge in [-0.2, -0.15) is 0 Å². The van der Waals surface area contributed by atoms with Crippen molar-refractivity contribution >= 4 is 52.2 Å². The van der Waals surface area contributed by atoms with Crippen LogP contribution in [-0.4, -0.2) is 105 Å². The molecule has 0 fully saturated rings. The van der Waals surface area contributed by atoms with E-state index in [1.807, 2.05) is 42.5 Å². The summed E-state index contributed by atoms with van der Waals surface area (Å²) in [7, 11) is 0. The molecule has 0 aliphatic carbocycles. The number of benzene rings is 4. The molecule has 4 aromatic rings. The number of carboxylic acids is 1. The zero-order valence-electron chi connectivity index (χ0n) is 35.8. The maximum atomic E-state index is 14.3. The molecule has 0 radical (unpaired) electrons. The van der Waals surface area contributed by atoms with E-state index in [0.29, 0.717) is 17.5 Å². The van der Waals surface area contributed by atoms with E-state index in [1.165, 1.54) is 48.5 Å². The standard InChI is InChI=1S/C46H58N8O10/c1-27(2)23-36(41(59)51-35(45(63)64)11-6-22-49-46(47)48)52-42(60)37(24-28-12-17-32(56)18-13-28)53-43(61)38(25-29-14-19-33(57)20-15-29)54-44(62)39(26-55)50-40(58)21-16-31-9-5-8-30-7-3-4-10-34(30)31/h3-5,7-10,12-15,17-20,27,35-39,55-57H,6,11,16,21-26H2,1-2H3,(H,50,58)(H,51,59)(H,52,60)(H,53,61)(H,54,62)(H,63,64)(H4,47,48,49)/t35-,36-,37+,38-,39-/m0/s1. The van der Waals surface area contributed by atoms with Crippen LogP contribution in [0.25, 0.3) is 10.8 Å². The summed E-state index contributed by atoms with van der Waals surface area (Å²) in [5, 5.41) is 64.7. The zero-order valence-corrected chi connectivity index (χ0v) is 35.8. The number of amides is 5. The number of nitrogens with one attached hydrogen (secondary N) is 7. The lowest BCUT2D eigenvalue weighted by atomic mass is 9.99. The first-order valence-corrected chi connectivity index (χ1v) is 21.0. The number of nitrogens with two attached hydrogens (primary N) is 1. The Morgan fingerprint density at radius 1 is 0.641 bits per heavy atom. The van der Waals surface area contributed by atoms with Gasteiger partial charge in [0.2, 0.25) is 29.5 Å². The Morgan fingerprint density at radius 2 is 1.14 bits per heavy atom. The van der Waals surface area contributed by atoms with Crippen molar-refractivity contribution in [1.29, 1.82) is 5.41 Å².